The zero-order chi connectivity index (χ0) is 15.0. The van der Waals surface area contributed by atoms with Crippen molar-refractivity contribution in [1.29, 1.82) is 0 Å². The van der Waals surface area contributed by atoms with Crippen LogP contribution in [0.4, 0.5) is 0 Å². The average molecular weight is 288 g/mol. The van der Waals surface area contributed by atoms with E-state index in [0.717, 1.165) is 0 Å². The molecule has 0 aliphatic heterocycles. The van der Waals surface area contributed by atoms with Gasteiger partial charge in [0.2, 0.25) is 0 Å². The number of benzene rings is 3. The van der Waals surface area contributed by atoms with Gasteiger partial charge in [0.15, 0.2) is 0 Å². The summed E-state index contributed by atoms with van der Waals surface area (Å²) in [5.41, 5.74) is 3.80. The summed E-state index contributed by atoms with van der Waals surface area (Å²) in [5.74, 6) is 0.270. The van der Waals surface area contributed by atoms with Gasteiger partial charge in [-0.2, -0.15) is 0 Å². The van der Waals surface area contributed by atoms with Crippen molar-refractivity contribution in [3.05, 3.63) is 108 Å². The highest BCUT2D eigenvalue weighted by molar-refractivity contribution is 5.32. The van der Waals surface area contributed by atoms with Crippen molar-refractivity contribution in [3.63, 3.8) is 0 Å². The summed E-state index contributed by atoms with van der Waals surface area (Å²) >= 11 is 0. The van der Waals surface area contributed by atoms with Crippen LogP contribution in [0.3, 0.4) is 0 Å². The van der Waals surface area contributed by atoms with Gasteiger partial charge in [-0.25, -0.2) is 0 Å². The van der Waals surface area contributed by atoms with Gasteiger partial charge >= 0.3 is 0 Å². The average Bonchev–Trinajstić information content (AvgIpc) is 2.61. The second-order valence-electron chi connectivity index (χ2n) is 5.37. The predicted octanol–water partition coefficient (Wildman–Crippen LogP) is 5.04. The zero-order valence-electron chi connectivity index (χ0n) is 12.6. The normalized spacial score (nSPS) is 10.8. The minimum atomic E-state index is 0.270. The maximum Gasteiger partial charge on any atom is 0.0717 e. The molecule has 0 aromatic heterocycles. The van der Waals surface area contributed by atoms with E-state index in [1.165, 1.54) is 16.7 Å². The van der Waals surface area contributed by atoms with Crippen molar-refractivity contribution in [1.82, 2.24) is 0 Å². The molecule has 0 fully saturated rings. The number of hydrogen-bond donors (Lipinski definition) is 0. The molecule has 0 bridgehead atoms. The topological polar surface area (TPSA) is 9.23 Å². The first-order valence-electron chi connectivity index (χ1n) is 7.65. The summed E-state index contributed by atoms with van der Waals surface area (Å²) in [6.07, 6.45) is 0. The standard InChI is InChI=1S/C21H20O/c1-4-10-18(11-5-1)16-22-17-21(19-12-6-2-7-13-19)20-14-8-3-9-15-20/h1-15,21H,16-17H2. The molecule has 22 heavy (non-hydrogen) atoms. The van der Waals surface area contributed by atoms with Gasteiger partial charge in [-0.05, 0) is 16.7 Å². The maximum atomic E-state index is 5.99. The van der Waals surface area contributed by atoms with Gasteiger partial charge in [0.05, 0.1) is 13.2 Å². The van der Waals surface area contributed by atoms with Crippen molar-refractivity contribution in [3.8, 4) is 0 Å². The van der Waals surface area contributed by atoms with E-state index in [4.69, 9.17) is 4.74 Å². The lowest BCUT2D eigenvalue weighted by atomic mass is 9.92. The van der Waals surface area contributed by atoms with E-state index in [2.05, 4.69) is 72.8 Å². The van der Waals surface area contributed by atoms with E-state index < -0.39 is 0 Å². The van der Waals surface area contributed by atoms with E-state index in [-0.39, 0.29) is 5.92 Å². The van der Waals surface area contributed by atoms with Crippen molar-refractivity contribution in [2.75, 3.05) is 6.61 Å². The smallest absolute Gasteiger partial charge is 0.0717 e. The summed E-state index contributed by atoms with van der Waals surface area (Å²) < 4.78 is 5.99. The fourth-order valence-electron chi connectivity index (χ4n) is 2.62. The molecule has 0 amide bonds. The van der Waals surface area contributed by atoms with Crippen LogP contribution in [0.2, 0.25) is 0 Å². The quantitative estimate of drug-likeness (QED) is 0.617. The molecular weight excluding hydrogens is 268 g/mol. The molecule has 0 atom stereocenters. The van der Waals surface area contributed by atoms with E-state index in [1.54, 1.807) is 0 Å². The fraction of sp³-hybridized carbons (Fsp3) is 0.143. The molecule has 1 heteroatoms. The monoisotopic (exact) mass is 288 g/mol. The van der Waals surface area contributed by atoms with Gasteiger partial charge in [-0.1, -0.05) is 91.0 Å². The van der Waals surface area contributed by atoms with E-state index in [9.17, 15) is 0 Å². The Balaban J connectivity index is 1.72. The number of ether oxygens (including phenoxy) is 1. The van der Waals surface area contributed by atoms with Crippen molar-refractivity contribution in [2.45, 2.75) is 12.5 Å². The van der Waals surface area contributed by atoms with Crippen LogP contribution in [0.25, 0.3) is 0 Å². The lowest BCUT2D eigenvalue weighted by Crippen LogP contribution is -2.09. The molecule has 1 nitrogen and oxygen atoms in total. The lowest BCUT2D eigenvalue weighted by molar-refractivity contribution is 0.114. The lowest BCUT2D eigenvalue weighted by Gasteiger charge is -2.18. The second kappa shape index (κ2) is 7.58. The Kier molecular flexibility index (Phi) is 5.01. The molecule has 0 saturated carbocycles. The van der Waals surface area contributed by atoms with Gasteiger partial charge in [-0.3, -0.25) is 0 Å². The van der Waals surface area contributed by atoms with E-state index >= 15 is 0 Å². The Hall–Kier alpha value is -2.38. The van der Waals surface area contributed by atoms with Crippen molar-refractivity contribution in [2.24, 2.45) is 0 Å². The molecule has 3 aromatic rings. The van der Waals surface area contributed by atoms with Gasteiger partial charge in [-0.15, -0.1) is 0 Å². The van der Waals surface area contributed by atoms with E-state index in [1.807, 2.05) is 18.2 Å². The van der Waals surface area contributed by atoms with Crippen LogP contribution in [0.1, 0.15) is 22.6 Å². The third-order valence-electron chi connectivity index (χ3n) is 3.80. The molecule has 0 unspecified atom stereocenters. The third kappa shape index (κ3) is 3.84. The van der Waals surface area contributed by atoms with E-state index in [0.29, 0.717) is 13.2 Å². The molecule has 110 valence electrons. The van der Waals surface area contributed by atoms with Crippen LogP contribution in [0, 0.1) is 0 Å². The second-order valence-corrected chi connectivity index (χ2v) is 5.37. The van der Waals surface area contributed by atoms with Gasteiger partial charge < -0.3 is 4.74 Å². The van der Waals surface area contributed by atoms with Crippen LogP contribution in [-0.4, -0.2) is 6.61 Å². The maximum absolute atomic E-state index is 5.99. The molecule has 3 rings (SSSR count). The number of hydrogen-bond acceptors (Lipinski definition) is 1. The summed E-state index contributed by atoms with van der Waals surface area (Å²) in [6, 6.07) is 31.4. The van der Waals surface area contributed by atoms with Crippen LogP contribution >= 0.6 is 0 Å². The molecule has 0 heterocycles. The van der Waals surface area contributed by atoms with Crippen LogP contribution in [0.15, 0.2) is 91.0 Å². The summed E-state index contributed by atoms with van der Waals surface area (Å²) in [5, 5.41) is 0. The highest BCUT2D eigenvalue weighted by Gasteiger charge is 2.13. The molecule has 0 spiro atoms. The first-order chi connectivity index (χ1) is 10.9. The SMILES string of the molecule is c1ccc(COCC(c2ccccc2)c2ccccc2)cc1. The fourth-order valence-corrected chi connectivity index (χ4v) is 2.62. The molecule has 0 aliphatic carbocycles. The summed E-state index contributed by atoms with van der Waals surface area (Å²) in [6.45, 7) is 1.33. The molecule has 0 N–H and O–H groups in total. The highest BCUT2D eigenvalue weighted by atomic mass is 16.5. The Morgan fingerprint density at radius 2 is 1.05 bits per heavy atom. The minimum absolute atomic E-state index is 0.270. The Labute approximate surface area is 132 Å². The molecule has 0 radical (unpaired) electrons. The van der Waals surface area contributed by atoms with Gasteiger partial charge in [0, 0.05) is 5.92 Å². The Morgan fingerprint density at radius 1 is 0.591 bits per heavy atom. The molecule has 0 aliphatic rings. The van der Waals surface area contributed by atoms with Gasteiger partial charge in [0.1, 0.15) is 0 Å². The zero-order valence-corrected chi connectivity index (χ0v) is 12.6. The molecular formula is C21H20O. The summed E-state index contributed by atoms with van der Waals surface area (Å²) in [4.78, 5) is 0. The highest BCUT2D eigenvalue weighted by Crippen LogP contribution is 2.25. The van der Waals surface area contributed by atoms with Crippen LogP contribution < -0.4 is 0 Å². The third-order valence-corrected chi connectivity index (χ3v) is 3.80. The van der Waals surface area contributed by atoms with Crippen LogP contribution in [0.5, 0.6) is 0 Å². The molecule has 3 aromatic carbocycles. The minimum Gasteiger partial charge on any atom is -0.376 e. The Morgan fingerprint density at radius 3 is 1.55 bits per heavy atom. The summed E-state index contributed by atoms with van der Waals surface area (Å²) in [7, 11) is 0. The van der Waals surface area contributed by atoms with Crippen LogP contribution in [-0.2, 0) is 11.3 Å². The van der Waals surface area contributed by atoms with Gasteiger partial charge in [0.25, 0.3) is 0 Å². The predicted molar refractivity (Wildman–Crippen MR) is 90.8 cm³/mol. The largest absolute Gasteiger partial charge is 0.376 e. The van der Waals surface area contributed by atoms with Crippen molar-refractivity contribution < 1.29 is 4.74 Å². The van der Waals surface area contributed by atoms with Crippen molar-refractivity contribution >= 4 is 0 Å². The first-order valence-corrected chi connectivity index (χ1v) is 7.65. The number of rotatable bonds is 6. The Bertz CT molecular complexity index is 623. The molecule has 0 saturated heterocycles. The first kappa shape index (κ1) is 14.6.